The first-order valence-corrected chi connectivity index (χ1v) is 4.62. The molecule has 0 atom stereocenters. The maximum Gasteiger partial charge on any atom is 0.305 e. The minimum Gasteiger partial charge on any atom is -0.469 e. The maximum absolute atomic E-state index is 10.7. The molecule has 0 rings (SSSR count). The van der Waals surface area contributed by atoms with Crippen LogP contribution in [0.25, 0.3) is 0 Å². The van der Waals surface area contributed by atoms with Crippen molar-refractivity contribution in [2.24, 2.45) is 0 Å². The third-order valence-electron chi connectivity index (χ3n) is 1.57. The Hall–Kier alpha value is -1.27. The molecule has 0 amide bonds. The van der Waals surface area contributed by atoms with Crippen LogP contribution in [0, 0.1) is 11.8 Å². The van der Waals surface area contributed by atoms with Gasteiger partial charge in [0.2, 0.25) is 0 Å². The van der Waals surface area contributed by atoms with Crippen molar-refractivity contribution in [2.45, 2.75) is 25.7 Å². The molecule has 0 bridgehead atoms. The number of methoxy groups -OCH3 is 1. The van der Waals surface area contributed by atoms with Crippen molar-refractivity contribution in [3.8, 4) is 11.8 Å². The molecule has 0 radical (unpaired) electrons. The summed E-state index contributed by atoms with van der Waals surface area (Å²) in [6, 6.07) is 0. The van der Waals surface area contributed by atoms with Crippen LogP contribution >= 0.6 is 0 Å². The van der Waals surface area contributed by atoms with E-state index in [-0.39, 0.29) is 12.6 Å². The summed E-state index contributed by atoms with van der Waals surface area (Å²) in [5.74, 6) is 5.53. The van der Waals surface area contributed by atoms with Crippen molar-refractivity contribution in [2.75, 3.05) is 13.7 Å². The lowest BCUT2D eigenvalue weighted by Crippen LogP contribution is -1.98. The summed E-state index contributed by atoms with van der Waals surface area (Å²) >= 11 is 0. The van der Waals surface area contributed by atoms with E-state index in [2.05, 4.69) is 16.6 Å². The Kier molecular flexibility index (Phi) is 8.92. The summed E-state index contributed by atoms with van der Waals surface area (Å²) in [7, 11) is 1.39. The number of rotatable bonds is 5. The molecule has 0 aromatic carbocycles. The molecule has 0 aromatic heterocycles. The molecule has 78 valence electrons. The van der Waals surface area contributed by atoms with Crippen molar-refractivity contribution in [1.82, 2.24) is 0 Å². The van der Waals surface area contributed by atoms with Crippen LogP contribution in [0.4, 0.5) is 0 Å². The molecular weight excluding hydrogens is 180 g/mol. The molecule has 1 N–H and O–H groups in total. The molecule has 0 spiro atoms. The molecule has 0 saturated carbocycles. The van der Waals surface area contributed by atoms with Gasteiger partial charge in [0, 0.05) is 12.8 Å². The number of esters is 1. The first-order valence-electron chi connectivity index (χ1n) is 4.62. The summed E-state index contributed by atoms with van der Waals surface area (Å²) in [4.78, 5) is 10.7. The van der Waals surface area contributed by atoms with E-state index in [1.54, 1.807) is 12.2 Å². The third kappa shape index (κ3) is 8.82. The SMILES string of the molecule is COC(=O)CCCCC#C/C=C/CO. The molecule has 14 heavy (non-hydrogen) atoms. The minimum absolute atomic E-state index is 0.0248. The molecule has 3 heteroatoms. The number of hydrogen-bond donors (Lipinski definition) is 1. The Bertz CT molecular complexity index is 233. The predicted molar refractivity (Wildman–Crippen MR) is 54.5 cm³/mol. The van der Waals surface area contributed by atoms with Gasteiger partial charge in [-0.3, -0.25) is 4.79 Å². The van der Waals surface area contributed by atoms with Crippen molar-refractivity contribution in [3.63, 3.8) is 0 Å². The zero-order chi connectivity index (χ0) is 10.6. The normalized spacial score (nSPS) is 9.57. The van der Waals surface area contributed by atoms with E-state index >= 15 is 0 Å². The monoisotopic (exact) mass is 196 g/mol. The van der Waals surface area contributed by atoms with Gasteiger partial charge in [0.15, 0.2) is 0 Å². The number of hydrogen-bond acceptors (Lipinski definition) is 3. The maximum atomic E-state index is 10.7. The van der Waals surface area contributed by atoms with E-state index in [0.29, 0.717) is 6.42 Å². The van der Waals surface area contributed by atoms with Crippen LogP contribution in [0.3, 0.4) is 0 Å². The van der Waals surface area contributed by atoms with Crippen molar-refractivity contribution in [3.05, 3.63) is 12.2 Å². The molecule has 0 saturated heterocycles. The number of carbonyl (C=O) groups excluding carboxylic acids is 1. The van der Waals surface area contributed by atoms with Crippen LogP contribution in [0.15, 0.2) is 12.2 Å². The van der Waals surface area contributed by atoms with Crippen molar-refractivity contribution in [1.29, 1.82) is 0 Å². The van der Waals surface area contributed by atoms with Gasteiger partial charge in [-0.25, -0.2) is 0 Å². The van der Waals surface area contributed by atoms with Gasteiger partial charge in [-0.15, -0.1) is 0 Å². The average Bonchev–Trinajstić information content (AvgIpc) is 2.21. The van der Waals surface area contributed by atoms with Gasteiger partial charge in [0.05, 0.1) is 13.7 Å². The molecule has 3 nitrogen and oxygen atoms in total. The molecule has 0 aliphatic heterocycles. The lowest BCUT2D eigenvalue weighted by molar-refractivity contribution is -0.140. The summed E-state index contributed by atoms with van der Waals surface area (Å²) in [5, 5.41) is 8.39. The fraction of sp³-hybridized carbons (Fsp3) is 0.545. The highest BCUT2D eigenvalue weighted by atomic mass is 16.5. The van der Waals surface area contributed by atoms with Crippen LogP contribution in [0.1, 0.15) is 25.7 Å². The molecule has 0 heterocycles. The Balaban J connectivity index is 3.31. The second kappa shape index (κ2) is 9.82. The zero-order valence-corrected chi connectivity index (χ0v) is 8.45. The number of allylic oxidation sites excluding steroid dienone is 1. The number of unbranched alkanes of at least 4 members (excludes halogenated alkanes) is 2. The third-order valence-corrected chi connectivity index (χ3v) is 1.57. The van der Waals surface area contributed by atoms with Crippen LogP contribution in [-0.2, 0) is 9.53 Å². The Morgan fingerprint density at radius 1 is 1.50 bits per heavy atom. The first kappa shape index (κ1) is 12.7. The van der Waals surface area contributed by atoms with E-state index in [1.165, 1.54) is 7.11 Å². The van der Waals surface area contributed by atoms with Gasteiger partial charge < -0.3 is 9.84 Å². The molecular formula is C11H16O3. The van der Waals surface area contributed by atoms with Crippen molar-refractivity contribution < 1.29 is 14.6 Å². The molecule has 0 fully saturated rings. The molecule has 0 aliphatic rings. The summed E-state index contributed by atoms with van der Waals surface area (Å²) < 4.78 is 4.50. The van der Waals surface area contributed by atoms with Crippen LogP contribution in [0.2, 0.25) is 0 Å². The molecule has 0 aliphatic carbocycles. The first-order chi connectivity index (χ1) is 6.81. The van der Waals surface area contributed by atoms with Crippen LogP contribution in [0.5, 0.6) is 0 Å². The Morgan fingerprint density at radius 2 is 2.29 bits per heavy atom. The summed E-state index contributed by atoms with van der Waals surface area (Å²) in [6.45, 7) is 0.0248. The molecule has 0 aromatic rings. The number of ether oxygens (including phenoxy) is 1. The topological polar surface area (TPSA) is 46.5 Å². The van der Waals surface area contributed by atoms with Gasteiger partial charge >= 0.3 is 5.97 Å². The number of aliphatic hydroxyl groups is 1. The Labute approximate surface area is 84.8 Å². The summed E-state index contributed by atoms with van der Waals surface area (Å²) in [5.41, 5.74) is 0. The van der Waals surface area contributed by atoms with E-state index in [0.717, 1.165) is 19.3 Å². The smallest absolute Gasteiger partial charge is 0.305 e. The largest absolute Gasteiger partial charge is 0.469 e. The zero-order valence-electron chi connectivity index (χ0n) is 8.45. The lowest BCUT2D eigenvalue weighted by atomic mass is 10.2. The molecule has 0 unspecified atom stereocenters. The second-order valence-electron chi connectivity index (χ2n) is 2.69. The Morgan fingerprint density at radius 3 is 2.93 bits per heavy atom. The van der Waals surface area contributed by atoms with E-state index < -0.39 is 0 Å². The highest BCUT2D eigenvalue weighted by Crippen LogP contribution is 1.99. The van der Waals surface area contributed by atoms with Gasteiger partial charge in [0.1, 0.15) is 0 Å². The minimum atomic E-state index is -0.168. The van der Waals surface area contributed by atoms with E-state index in [9.17, 15) is 4.79 Å². The fourth-order valence-corrected chi connectivity index (χ4v) is 0.828. The standard InChI is InChI=1S/C11H16O3/c1-14-11(13)9-7-5-3-2-4-6-8-10-12/h6,8,12H,3,5,7,9-10H2,1H3/b8-6+. The second-order valence-corrected chi connectivity index (χ2v) is 2.69. The van der Waals surface area contributed by atoms with Gasteiger partial charge in [0.25, 0.3) is 0 Å². The van der Waals surface area contributed by atoms with Gasteiger partial charge in [-0.1, -0.05) is 17.9 Å². The van der Waals surface area contributed by atoms with Crippen molar-refractivity contribution >= 4 is 5.97 Å². The van der Waals surface area contributed by atoms with E-state index in [1.807, 2.05) is 0 Å². The van der Waals surface area contributed by atoms with Gasteiger partial charge in [-0.2, -0.15) is 0 Å². The summed E-state index contributed by atoms with van der Waals surface area (Å²) in [6.07, 6.45) is 6.15. The predicted octanol–water partition coefficient (Wildman–Crippen LogP) is 1.27. The van der Waals surface area contributed by atoms with E-state index in [4.69, 9.17) is 5.11 Å². The fourth-order valence-electron chi connectivity index (χ4n) is 0.828. The number of aliphatic hydroxyl groups excluding tert-OH is 1. The van der Waals surface area contributed by atoms with Crippen LogP contribution in [-0.4, -0.2) is 24.8 Å². The van der Waals surface area contributed by atoms with Gasteiger partial charge in [-0.05, 0) is 18.9 Å². The average molecular weight is 196 g/mol. The number of carbonyl (C=O) groups is 1. The van der Waals surface area contributed by atoms with Crippen LogP contribution < -0.4 is 0 Å². The highest BCUT2D eigenvalue weighted by Gasteiger charge is 1.97. The quantitative estimate of drug-likeness (QED) is 0.409. The highest BCUT2D eigenvalue weighted by molar-refractivity contribution is 5.68. The lowest BCUT2D eigenvalue weighted by Gasteiger charge is -1.95.